The van der Waals surface area contributed by atoms with Crippen LogP contribution < -0.4 is 4.74 Å². The highest BCUT2D eigenvalue weighted by molar-refractivity contribution is 5.89. The van der Waals surface area contributed by atoms with Crippen molar-refractivity contribution in [3.63, 3.8) is 0 Å². The number of hydrogen-bond acceptors (Lipinski definition) is 3. The van der Waals surface area contributed by atoms with E-state index in [0.29, 0.717) is 6.61 Å². The van der Waals surface area contributed by atoms with Gasteiger partial charge < -0.3 is 9.47 Å². The Morgan fingerprint density at radius 1 is 0.966 bits per heavy atom. The average Bonchev–Trinajstić information content (AvgIpc) is 3.26. The smallest absolute Gasteiger partial charge is 0.330 e. The Labute approximate surface area is 172 Å². The van der Waals surface area contributed by atoms with Crippen LogP contribution in [0, 0.1) is 0 Å². The highest BCUT2D eigenvalue weighted by Gasteiger charge is 2.18. The van der Waals surface area contributed by atoms with Gasteiger partial charge in [-0.3, -0.25) is 0 Å². The van der Waals surface area contributed by atoms with Gasteiger partial charge in [-0.25, -0.2) is 4.79 Å². The van der Waals surface area contributed by atoms with E-state index >= 15 is 0 Å². The normalized spacial score (nSPS) is 14.5. The lowest BCUT2D eigenvalue weighted by Gasteiger charge is -2.16. The van der Waals surface area contributed by atoms with Gasteiger partial charge in [0.15, 0.2) is 0 Å². The number of ether oxygens (including phenoxy) is 2. The summed E-state index contributed by atoms with van der Waals surface area (Å²) in [6.45, 7) is 2.17. The van der Waals surface area contributed by atoms with Gasteiger partial charge in [-0.1, -0.05) is 42.5 Å². The number of carbonyl (C=O) groups excluding carboxylic acids is 1. The van der Waals surface area contributed by atoms with Gasteiger partial charge in [-0.2, -0.15) is 0 Å². The monoisotopic (exact) mass is 386 g/mol. The summed E-state index contributed by atoms with van der Waals surface area (Å²) in [4.78, 5) is 11.8. The third-order valence-electron chi connectivity index (χ3n) is 5.37. The van der Waals surface area contributed by atoms with Gasteiger partial charge in [0.1, 0.15) is 5.75 Å². The van der Waals surface area contributed by atoms with E-state index in [1.165, 1.54) is 29.7 Å². The lowest BCUT2D eigenvalue weighted by atomic mass is 9.99. The molecule has 0 saturated heterocycles. The quantitative estimate of drug-likeness (QED) is 0.363. The highest BCUT2D eigenvalue weighted by atomic mass is 16.5. The number of rotatable bonds is 6. The second kappa shape index (κ2) is 8.95. The standard InChI is InChI=1S/C26H26O3/c1-2-28-26(27)16-14-23-18-22(13-15-25(23)29-24-9-5-6-10-24)21-12-11-19-7-3-4-8-20(19)17-21/h3-4,7-8,11-18,24H,2,5-6,9-10H2,1H3. The third kappa shape index (κ3) is 4.68. The molecule has 1 aliphatic rings. The molecule has 3 heteroatoms. The van der Waals surface area contributed by atoms with Crippen molar-refractivity contribution in [2.75, 3.05) is 6.61 Å². The summed E-state index contributed by atoms with van der Waals surface area (Å²) in [6, 6.07) is 21.0. The molecule has 4 rings (SSSR count). The molecule has 0 atom stereocenters. The minimum absolute atomic E-state index is 0.260. The predicted octanol–water partition coefficient (Wildman–Crippen LogP) is 6.40. The molecule has 3 aromatic carbocycles. The van der Waals surface area contributed by atoms with Crippen LogP contribution in [0.4, 0.5) is 0 Å². The first kappa shape index (κ1) is 19.3. The van der Waals surface area contributed by atoms with Crippen LogP contribution in [0.25, 0.3) is 28.0 Å². The van der Waals surface area contributed by atoms with Crippen molar-refractivity contribution in [2.45, 2.75) is 38.7 Å². The first-order chi connectivity index (χ1) is 14.2. The Bertz CT molecular complexity index is 1030. The van der Waals surface area contributed by atoms with Crippen LogP contribution >= 0.6 is 0 Å². The molecule has 1 fully saturated rings. The number of carbonyl (C=O) groups is 1. The molecule has 3 nitrogen and oxygen atoms in total. The Balaban J connectivity index is 1.68. The van der Waals surface area contributed by atoms with Crippen molar-refractivity contribution < 1.29 is 14.3 Å². The summed E-state index contributed by atoms with van der Waals surface area (Å²) < 4.78 is 11.3. The number of esters is 1. The van der Waals surface area contributed by atoms with E-state index in [9.17, 15) is 4.79 Å². The molecule has 0 aromatic heterocycles. The molecule has 1 aliphatic carbocycles. The van der Waals surface area contributed by atoms with Crippen molar-refractivity contribution in [3.05, 3.63) is 72.3 Å². The molecule has 148 valence electrons. The summed E-state index contributed by atoms with van der Waals surface area (Å²) >= 11 is 0. The van der Waals surface area contributed by atoms with Gasteiger partial charge in [-0.15, -0.1) is 0 Å². The zero-order valence-electron chi connectivity index (χ0n) is 16.8. The maximum Gasteiger partial charge on any atom is 0.330 e. The SMILES string of the molecule is CCOC(=O)C=Cc1cc(-c2ccc3ccccc3c2)ccc1OC1CCCC1. The molecule has 0 heterocycles. The predicted molar refractivity (Wildman–Crippen MR) is 118 cm³/mol. The Kier molecular flexibility index (Phi) is 5.95. The van der Waals surface area contributed by atoms with Crippen LogP contribution in [-0.2, 0) is 9.53 Å². The first-order valence-corrected chi connectivity index (χ1v) is 10.4. The van der Waals surface area contributed by atoms with Gasteiger partial charge in [-0.05, 0) is 78.8 Å². The first-order valence-electron chi connectivity index (χ1n) is 10.4. The van der Waals surface area contributed by atoms with Crippen molar-refractivity contribution in [1.82, 2.24) is 0 Å². The molecule has 0 unspecified atom stereocenters. The minimum Gasteiger partial charge on any atom is -0.490 e. The highest BCUT2D eigenvalue weighted by Crippen LogP contribution is 2.32. The second-order valence-corrected chi connectivity index (χ2v) is 7.42. The van der Waals surface area contributed by atoms with E-state index < -0.39 is 0 Å². The van der Waals surface area contributed by atoms with Gasteiger partial charge in [0, 0.05) is 11.6 Å². The lowest BCUT2D eigenvalue weighted by molar-refractivity contribution is -0.137. The largest absolute Gasteiger partial charge is 0.490 e. The number of fused-ring (bicyclic) bond motifs is 1. The molecule has 0 radical (unpaired) electrons. The van der Waals surface area contributed by atoms with Crippen LogP contribution in [0.5, 0.6) is 5.75 Å². The van der Waals surface area contributed by atoms with Gasteiger partial charge in [0.05, 0.1) is 12.7 Å². The molecular formula is C26H26O3. The molecule has 0 aliphatic heterocycles. The number of benzene rings is 3. The Hall–Kier alpha value is -3.07. The van der Waals surface area contributed by atoms with Gasteiger partial charge >= 0.3 is 5.97 Å². The molecule has 29 heavy (non-hydrogen) atoms. The summed E-state index contributed by atoms with van der Waals surface area (Å²) in [5.74, 6) is 0.484. The van der Waals surface area contributed by atoms with E-state index in [1.54, 1.807) is 13.0 Å². The molecule has 0 N–H and O–H groups in total. The van der Waals surface area contributed by atoms with Crippen LogP contribution in [0.15, 0.2) is 66.7 Å². The number of hydrogen-bond donors (Lipinski definition) is 0. The summed E-state index contributed by atoms with van der Waals surface area (Å²) in [7, 11) is 0. The van der Waals surface area contributed by atoms with Crippen LogP contribution in [0.1, 0.15) is 38.2 Å². The fraction of sp³-hybridized carbons (Fsp3) is 0.269. The second-order valence-electron chi connectivity index (χ2n) is 7.42. The summed E-state index contributed by atoms with van der Waals surface area (Å²) in [5, 5.41) is 2.43. The van der Waals surface area contributed by atoms with Crippen LogP contribution in [0.3, 0.4) is 0 Å². The van der Waals surface area contributed by atoms with E-state index in [4.69, 9.17) is 9.47 Å². The van der Waals surface area contributed by atoms with E-state index in [2.05, 4.69) is 54.6 Å². The molecular weight excluding hydrogens is 360 g/mol. The lowest BCUT2D eigenvalue weighted by Crippen LogP contribution is -2.11. The third-order valence-corrected chi connectivity index (χ3v) is 5.37. The fourth-order valence-electron chi connectivity index (χ4n) is 3.87. The zero-order chi connectivity index (χ0) is 20.1. The summed E-state index contributed by atoms with van der Waals surface area (Å²) in [6.07, 6.45) is 8.15. The van der Waals surface area contributed by atoms with Crippen molar-refractivity contribution in [2.24, 2.45) is 0 Å². The van der Waals surface area contributed by atoms with E-state index in [0.717, 1.165) is 35.3 Å². The molecule has 0 amide bonds. The van der Waals surface area contributed by atoms with E-state index in [-0.39, 0.29) is 12.1 Å². The zero-order valence-corrected chi connectivity index (χ0v) is 16.8. The summed E-state index contributed by atoms with van der Waals surface area (Å²) in [5.41, 5.74) is 3.13. The molecule has 0 spiro atoms. The molecule has 0 bridgehead atoms. The maximum absolute atomic E-state index is 11.8. The van der Waals surface area contributed by atoms with E-state index in [1.807, 2.05) is 6.07 Å². The van der Waals surface area contributed by atoms with Gasteiger partial charge in [0.25, 0.3) is 0 Å². The maximum atomic E-state index is 11.8. The fourth-order valence-corrected chi connectivity index (χ4v) is 3.87. The topological polar surface area (TPSA) is 35.5 Å². The van der Waals surface area contributed by atoms with Crippen LogP contribution in [0.2, 0.25) is 0 Å². The van der Waals surface area contributed by atoms with Gasteiger partial charge in [0.2, 0.25) is 0 Å². The average molecular weight is 386 g/mol. The van der Waals surface area contributed by atoms with Crippen LogP contribution in [-0.4, -0.2) is 18.7 Å². The molecule has 3 aromatic rings. The minimum atomic E-state index is -0.338. The Morgan fingerprint density at radius 2 is 1.69 bits per heavy atom. The van der Waals surface area contributed by atoms with Crippen molar-refractivity contribution in [1.29, 1.82) is 0 Å². The van der Waals surface area contributed by atoms with Crippen molar-refractivity contribution >= 4 is 22.8 Å². The van der Waals surface area contributed by atoms with Crippen molar-refractivity contribution in [3.8, 4) is 16.9 Å². The molecule has 1 saturated carbocycles. The Morgan fingerprint density at radius 3 is 2.48 bits per heavy atom.